The van der Waals surface area contributed by atoms with Gasteiger partial charge in [-0.2, -0.15) is 4.31 Å². The van der Waals surface area contributed by atoms with Crippen molar-refractivity contribution in [3.8, 4) is 0 Å². The first-order valence-corrected chi connectivity index (χ1v) is 9.73. The van der Waals surface area contributed by atoms with E-state index in [2.05, 4.69) is 10.3 Å². The van der Waals surface area contributed by atoms with Crippen molar-refractivity contribution < 1.29 is 17.9 Å². The van der Waals surface area contributed by atoms with Crippen molar-refractivity contribution in [3.05, 3.63) is 29.3 Å². The number of aromatic nitrogens is 1. The Morgan fingerprint density at radius 2 is 2.13 bits per heavy atom. The number of nitrogens with one attached hydrogen (secondary N) is 1. The molecule has 3 rings (SSSR count). The van der Waals surface area contributed by atoms with Crippen molar-refractivity contribution in [2.24, 2.45) is 0 Å². The van der Waals surface area contributed by atoms with Gasteiger partial charge in [0.2, 0.25) is 10.0 Å². The van der Waals surface area contributed by atoms with Crippen LogP contribution in [0.2, 0.25) is 0 Å². The number of rotatable bonds is 5. The van der Waals surface area contributed by atoms with E-state index in [0.717, 1.165) is 10.2 Å². The Morgan fingerprint density at radius 1 is 1.35 bits per heavy atom. The van der Waals surface area contributed by atoms with Crippen LogP contribution < -0.4 is 5.32 Å². The van der Waals surface area contributed by atoms with Crippen LogP contribution in [0.25, 0.3) is 10.2 Å². The predicted octanol–water partition coefficient (Wildman–Crippen LogP) is 0.688. The van der Waals surface area contributed by atoms with E-state index in [-0.39, 0.29) is 18.2 Å². The van der Waals surface area contributed by atoms with Crippen LogP contribution in [0.3, 0.4) is 0 Å². The van der Waals surface area contributed by atoms with Crippen LogP contribution >= 0.6 is 11.3 Å². The lowest BCUT2D eigenvalue weighted by Gasteiger charge is -2.26. The lowest BCUT2D eigenvalue weighted by Crippen LogP contribution is -2.43. The standard InChI is InChI=1S/C14H17N3O4S2/c18-14(11-2-1-3-12-13(11)22-10-16-12)15-4-9-23(19,20)17-5-7-21-8-6-17/h1-3,10H,4-9H2,(H,15,18). The van der Waals surface area contributed by atoms with E-state index in [1.165, 1.54) is 15.6 Å². The molecule has 9 heteroatoms. The fraction of sp³-hybridized carbons (Fsp3) is 0.429. The average Bonchev–Trinajstić information content (AvgIpc) is 3.04. The largest absolute Gasteiger partial charge is 0.379 e. The highest BCUT2D eigenvalue weighted by Gasteiger charge is 2.24. The van der Waals surface area contributed by atoms with E-state index >= 15 is 0 Å². The Balaban J connectivity index is 1.60. The summed E-state index contributed by atoms with van der Waals surface area (Å²) in [5, 5.41) is 2.68. The van der Waals surface area contributed by atoms with Crippen molar-refractivity contribution in [3.63, 3.8) is 0 Å². The van der Waals surface area contributed by atoms with Gasteiger partial charge in [-0.1, -0.05) is 6.07 Å². The quantitative estimate of drug-likeness (QED) is 0.852. The van der Waals surface area contributed by atoms with E-state index < -0.39 is 10.0 Å². The molecule has 0 bridgehead atoms. The van der Waals surface area contributed by atoms with Crippen LogP contribution in [0.15, 0.2) is 23.7 Å². The van der Waals surface area contributed by atoms with Gasteiger partial charge in [-0.25, -0.2) is 13.4 Å². The van der Waals surface area contributed by atoms with Crippen LogP contribution in [0, 0.1) is 0 Å². The molecule has 1 aliphatic rings. The number of benzene rings is 1. The lowest BCUT2D eigenvalue weighted by atomic mass is 10.2. The van der Waals surface area contributed by atoms with E-state index in [1.54, 1.807) is 17.6 Å². The first-order chi connectivity index (χ1) is 11.1. The zero-order valence-corrected chi connectivity index (χ0v) is 14.0. The summed E-state index contributed by atoms with van der Waals surface area (Å²) in [6, 6.07) is 5.32. The van der Waals surface area contributed by atoms with E-state index in [0.29, 0.717) is 31.9 Å². The highest BCUT2D eigenvalue weighted by atomic mass is 32.2. The van der Waals surface area contributed by atoms with Crippen LogP contribution in [0.4, 0.5) is 0 Å². The van der Waals surface area contributed by atoms with Crippen molar-refractivity contribution in [1.29, 1.82) is 0 Å². The predicted molar refractivity (Wildman–Crippen MR) is 88.1 cm³/mol. The Hall–Kier alpha value is -1.55. The van der Waals surface area contributed by atoms with Gasteiger partial charge in [-0.3, -0.25) is 4.79 Å². The van der Waals surface area contributed by atoms with Gasteiger partial charge in [0.15, 0.2) is 0 Å². The molecule has 1 amide bonds. The molecule has 124 valence electrons. The number of morpholine rings is 1. The van der Waals surface area contributed by atoms with Gasteiger partial charge in [-0.05, 0) is 12.1 Å². The monoisotopic (exact) mass is 355 g/mol. The number of amides is 1. The number of ether oxygens (including phenoxy) is 1. The summed E-state index contributed by atoms with van der Waals surface area (Å²) in [6.07, 6.45) is 0. The number of fused-ring (bicyclic) bond motifs is 1. The third-order valence-corrected chi connectivity index (χ3v) is 6.36. The molecule has 0 aliphatic carbocycles. The zero-order valence-electron chi connectivity index (χ0n) is 12.4. The SMILES string of the molecule is O=C(NCCS(=O)(=O)N1CCOCC1)c1cccc2ncsc12. The van der Waals surface area contributed by atoms with Gasteiger partial charge in [-0.15, -0.1) is 11.3 Å². The number of thiazole rings is 1. The second-order valence-electron chi connectivity index (χ2n) is 5.09. The summed E-state index contributed by atoms with van der Waals surface area (Å²) in [7, 11) is -3.36. The summed E-state index contributed by atoms with van der Waals surface area (Å²) in [5.74, 6) is -0.394. The molecule has 1 aromatic carbocycles. The number of carbonyl (C=O) groups is 1. The summed E-state index contributed by atoms with van der Waals surface area (Å²) in [6.45, 7) is 1.65. The first kappa shape index (κ1) is 16.3. The van der Waals surface area contributed by atoms with Gasteiger partial charge in [0, 0.05) is 19.6 Å². The highest BCUT2D eigenvalue weighted by molar-refractivity contribution is 7.89. The molecule has 7 nitrogen and oxygen atoms in total. The van der Waals surface area contributed by atoms with Crippen LogP contribution in [-0.4, -0.2) is 62.2 Å². The fourth-order valence-corrected chi connectivity index (χ4v) is 4.53. The zero-order chi connectivity index (χ0) is 16.3. The Labute approximate surface area is 138 Å². The molecule has 0 unspecified atom stereocenters. The van der Waals surface area contributed by atoms with Gasteiger partial charge in [0.1, 0.15) is 0 Å². The van der Waals surface area contributed by atoms with E-state index in [1.807, 2.05) is 6.07 Å². The molecule has 1 aliphatic heterocycles. The summed E-state index contributed by atoms with van der Waals surface area (Å²) in [5.41, 5.74) is 2.97. The molecule has 0 radical (unpaired) electrons. The Morgan fingerprint density at radius 3 is 2.91 bits per heavy atom. The summed E-state index contributed by atoms with van der Waals surface area (Å²) >= 11 is 1.39. The molecule has 1 saturated heterocycles. The molecule has 1 fully saturated rings. The molecule has 0 atom stereocenters. The number of sulfonamides is 1. The van der Waals surface area contributed by atoms with Crippen molar-refractivity contribution in [2.75, 3.05) is 38.6 Å². The highest BCUT2D eigenvalue weighted by Crippen LogP contribution is 2.21. The lowest BCUT2D eigenvalue weighted by molar-refractivity contribution is 0.0730. The van der Waals surface area contributed by atoms with Crippen molar-refractivity contribution in [2.45, 2.75) is 0 Å². The van der Waals surface area contributed by atoms with E-state index in [4.69, 9.17) is 4.74 Å². The molecule has 2 heterocycles. The Bertz CT molecular complexity index is 797. The molecule has 2 aromatic rings. The maximum absolute atomic E-state index is 12.3. The van der Waals surface area contributed by atoms with Crippen LogP contribution in [-0.2, 0) is 14.8 Å². The van der Waals surface area contributed by atoms with Crippen molar-refractivity contribution >= 4 is 37.5 Å². The number of nitrogens with zero attached hydrogens (tertiary/aromatic N) is 2. The average molecular weight is 355 g/mol. The number of carbonyl (C=O) groups excluding carboxylic acids is 1. The topological polar surface area (TPSA) is 88.6 Å². The van der Waals surface area contributed by atoms with E-state index in [9.17, 15) is 13.2 Å². The fourth-order valence-electron chi connectivity index (χ4n) is 2.41. The third-order valence-electron chi connectivity index (χ3n) is 3.61. The normalized spacial score (nSPS) is 16.5. The second kappa shape index (κ2) is 6.91. The summed E-state index contributed by atoms with van der Waals surface area (Å²) in [4.78, 5) is 16.4. The van der Waals surface area contributed by atoms with Gasteiger partial charge in [0.05, 0.1) is 40.3 Å². The third kappa shape index (κ3) is 3.69. The Kier molecular flexibility index (Phi) is 4.90. The van der Waals surface area contributed by atoms with Crippen LogP contribution in [0.1, 0.15) is 10.4 Å². The smallest absolute Gasteiger partial charge is 0.252 e. The molecular formula is C14H17N3O4S2. The van der Waals surface area contributed by atoms with Crippen LogP contribution in [0.5, 0.6) is 0 Å². The summed E-state index contributed by atoms with van der Waals surface area (Å²) < 4.78 is 31.7. The van der Waals surface area contributed by atoms with Gasteiger partial charge >= 0.3 is 0 Å². The number of hydrogen-bond acceptors (Lipinski definition) is 6. The number of hydrogen-bond donors (Lipinski definition) is 1. The molecule has 0 spiro atoms. The maximum atomic E-state index is 12.3. The van der Waals surface area contributed by atoms with Gasteiger partial charge in [0.25, 0.3) is 5.91 Å². The van der Waals surface area contributed by atoms with Gasteiger partial charge < -0.3 is 10.1 Å². The first-order valence-electron chi connectivity index (χ1n) is 7.24. The van der Waals surface area contributed by atoms with Crippen molar-refractivity contribution in [1.82, 2.24) is 14.6 Å². The molecule has 1 aromatic heterocycles. The maximum Gasteiger partial charge on any atom is 0.252 e. The minimum atomic E-state index is -3.36. The second-order valence-corrected chi connectivity index (χ2v) is 8.03. The minimum Gasteiger partial charge on any atom is -0.379 e. The molecule has 23 heavy (non-hydrogen) atoms. The molecule has 1 N–H and O–H groups in total. The molecule has 0 saturated carbocycles. The minimum absolute atomic E-state index is 0.0771. The molecular weight excluding hydrogens is 338 g/mol.